The van der Waals surface area contributed by atoms with Crippen molar-refractivity contribution in [2.75, 3.05) is 12.3 Å². The van der Waals surface area contributed by atoms with E-state index < -0.39 is 52.8 Å². The molecule has 0 aliphatic carbocycles. The van der Waals surface area contributed by atoms with Gasteiger partial charge in [0.25, 0.3) is 0 Å². The fourth-order valence-corrected chi connectivity index (χ4v) is 3.17. The highest BCUT2D eigenvalue weighted by Gasteiger charge is 2.46. The van der Waals surface area contributed by atoms with E-state index in [1.807, 2.05) is 5.32 Å². The van der Waals surface area contributed by atoms with E-state index in [2.05, 4.69) is 0 Å². The highest BCUT2D eigenvalue weighted by molar-refractivity contribution is 8.13. The second-order valence-electron chi connectivity index (χ2n) is 5.65. The fraction of sp³-hybridized carbons (Fsp3) is 0.714. The molecule has 0 bridgehead atoms. The van der Waals surface area contributed by atoms with Crippen LogP contribution < -0.4 is 5.32 Å². The molecule has 0 aromatic rings. The summed E-state index contributed by atoms with van der Waals surface area (Å²) in [5.41, 5.74) is 0. The third-order valence-corrected chi connectivity index (χ3v) is 4.62. The maximum atomic E-state index is 13.0. The van der Waals surface area contributed by atoms with Crippen LogP contribution in [-0.2, 0) is 19.2 Å². The monoisotopic (exact) mass is 384 g/mol. The molecule has 25 heavy (non-hydrogen) atoms. The quantitative estimate of drug-likeness (QED) is 0.709. The molecular weight excluding hydrogens is 365 g/mol. The minimum Gasteiger partial charge on any atom is -0.480 e. The first-order valence-electron chi connectivity index (χ1n) is 7.49. The van der Waals surface area contributed by atoms with Gasteiger partial charge in [0.1, 0.15) is 18.0 Å². The number of hydrogen-bond acceptors (Lipinski definition) is 5. The predicted molar refractivity (Wildman–Crippen MR) is 82.7 cm³/mol. The standard InChI is InChI=1S/C14H19F3N2O5S/c1-7(12(22)19-5-3-4-10(19)13(23)24)18-11(21)9(14(15,16)17)6-25-8(2)20/h7,9-10H,3-6H2,1-2H3,(H,18,21)(H,23,24)/t7-,9-,10-/m0/s1. The average molecular weight is 384 g/mol. The van der Waals surface area contributed by atoms with E-state index in [1.165, 1.54) is 6.92 Å². The van der Waals surface area contributed by atoms with Gasteiger partial charge in [-0.1, -0.05) is 11.8 Å². The van der Waals surface area contributed by atoms with Crippen molar-refractivity contribution in [3.63, 3.8) is 0 Å². The van der Waals surface area contributed by atoms with Crippen LogP contribution in [0.5, 0.6) is 0 Å². The van der Waals surface area contributed by atoms with E-state index >= 15 is 0 Å². The van der Waals surface area contributed by atoms with Gasteiger partial charge in [-0.15, -0.1) is 0 Å². The number of thioether (sulfide) groups is 1. The predicted octanol–water partition coefficient (Wildman–Crippen LogP) is 1.02. The Morgan fingerprint density at radius 2 is 1.92 bits per heavy atom. The van der Waals surface area contributed by atoms with Crippen molar-refractivity contribution in [2.24, 2.45) is 5.92 Å². The van der Waals surface area contributed by atoms with E-state index in [1.54, 1.807) is 0 Å². The lowest BCUT2D eigenvalue weighted by atomic mass is 10.1. The Labute approximate surface area is 146 Å². The van der Waals surface area contributed by atoms with Crippen LogP contribution in [0.25, 0.3) is 0 Å². The number of hydrogen-bond donors (Lipinski definition) is 2. The molecule has 3 atom stereocenters. The summed E-state index contributed by atoms with van der Waals surface area (Å²) in [7, 11) is 0. The van der Waals surface area contributed by atoms with Crippen LogP contribution in [0.3, 0.4) is 0 Å². The van der Waals surface area contributed by atoms with Crippen molar-refractivity contribution in [1.29, 1.82) is 0 Å². The molecule has 1 fully saturated rings. The van der Waals surface area contributed by atoms with Gasteiger partial charge in [-0.2, -0.15) is 13.2 Å². The molecule has 0 unspecified atom stereocenters. The number of alkyl halides is 3. The van der Waals surface area contributed by atoms with Crippen molar-refractivity contribution in [3.05, 3.63) is 0 Å². The van der Waals surface area contributed by atoms with Gasteiger partial charge in [-0.3, -0.25) is 14.4 Å². The Morgan fingerprint density at radius 1 is 1.32 bits per heavy atom. The highest BCUT2D eigenvalue weighted by Crippen LogP contribution is 2.30. The Bertz CT molecular complexity index is 555. The van der Waals surface area contributed by atoms with E-state index in [-0.39, 0.29) is 13.0 Å². The number of likely N-dealkylation sites (tertiary alicyclic amines) is 1. The zero-order valence-electron chi connectivity index (χ0n) is 13.6. The van der Waals surface area contributed by atoms with Gasteiger partial charge in [0, 0.05) is 19.2 Å². The summed E-state index contributed by atoms with van der Waals surface area (Å²) in [6.07, 6.45) is -4.15. The van der Waals surface area contributed by atoms with Crippen LogP contribution in [-0.4, -0.2) is 63.5 Å². The van der Waals surface area contributed by atoms with Crippen LogP contribution in [0.4, 0.5) is 13.2 Å². The number of nitrogens with zero attached hydrogens (tertiary/aromatic N) is 1. The van der Waals surface area contributed by atoms with Crippen molar-refractivity contribution in [1.82, 2.24) is 10.2 Å². The molecular formula is C14H19F3N2O5S. The molecule has 0 spiro atoms. The smallest absolute Gasteiger partial charge is 0.401 e. The molecule has 0 saturated carbocycles. The number of rotatable bonds is 6. The molecule has 1 rings (SSSR count). The first-order valence-corrected chi connectivity index (χ1v) is 8.47. The number of nitrogens with one attached hydrogen (secondary N) is 1. The third-order valence-electron chi connectivity index (χ3n) is 3.72. The van der Waals surface area contributed by atoms with E-state index in [4.69, 9.17) is 5.11 Å². The highest BCUT2D eigenvalue weighted by atomic mass is 32.2. The van der Waals surface area contributed by atoms with Crippen LogP contribution in [0.1, 0.15) is 26.7 Å². The van der Waals surface area contributed by atoms with Gasteiger partial charge >= 0.3 is 12.1 Å². The third kappa shape index (κ3) is 5.91. The topological polar surface area (TPSA) is 104 Å². The average Bonchev–Trinajstić information content (AvgIpc) is 2.94. The minimum absolute atomic E-state index is 0.166. The Balaban J connectivity index is 2.76. The summed E-state index contributed by atoms with van der Waals surface area (Å²) >= 11 is 0.367. The second-order valence-corrected chi connectivity index (χ2v) is 6.85. The van der Waals surface area contributed by atoms with Crippen molar-refractivity contribution < 1.29 is 37.5 Å². The van der Waals surface area contributed by atoms with Crippen LogP contribution in [0.2, 0.25) is 0 Å². The minimum atomic E-state index is -4.87. The summed E-state index contributed by atoms with van der Waals surface area (Å²) in [6.45, 7) is 2.45. The summed E-state index contributed by atoms with van der Waals surface area (Å²) in [5, 5.41) is 10.5. The number of carboxylic acids is 1. The molecule has 1 saturated heterocycles. The molecule has 0 aromatic carbocycles. The van der Waals surface area contributed by atoms with Gasteiger partial charge in [0.2, 0.25) is 11.8 Å². The van der Waals surface area contributed by atoms with Gasteiger partial charge in [0.15, 0.2) is 5.12 Å². The van der Waals surface area contributed by atoms with Crippen molar-refractivity contribution in [3.8, 4) is 0 Å². The molecule has 0 aromatic heterocycles. The Hall–Kier alpha value is -1.78. The molecule has 1 heterocycles. The Kier molecular flexibility index (Phi) is 7.27. The molecule has 142 valence electrons. The van der Waals surface area contributed by atoms with Crippen LogP contribution >= 0.6 is 11.8 Å². The lowest BCUT2D eigenvalue weighted by Crippen LogP contribution is -2.53. The number of amides is 2. The summed E-state index contributed by atoms with van der Waals surface area (Å²) in [6, 6.07) is -2.35. The number of aliphatic carboxylic acids is 1. The van der Waals surface area contributed by atoms with Crippen LogP contribution in [0.15, 0.2) is 0 Å². The van der Waals surface area contributed by atoms with Crippen molar-refractivity contribution >= 4 is 34.7 Å². The van der Waals surface area contributed by atoms with Gasteiger partial charge < -0.3 is 15.3 Å². The van der Waals surface area contributed by atoms with Gasteiger partial charge in [-0.05, 0) is 19.8 Å². The molecule has 11 heteroatoms. The molecule has 1 aliphatic rings. The first-order chi connectivity index (χ1) is 11.4. The summed E-state index contributed by atoms with van der Waals surface area (Å²) < 4.78 is 38.9. The maximum Gasteiger partial charge on any atom is 0.401 e. The van der Waals surface area contributed by atoms with Crippen molar-refractivity contribution in [2.45, 2.75) is 44.9 Å². The lowest BCUT2D eigenvalue weighted by molar-refractivity contribution is -0.178. The summed E-state index contributed by atoms with van der Waals surface area (Å²) in [5.74, 6) is -6.60. The van der Waals surface area contributed by atoms with Gasteiger partial charge in [0.05, 0.1) is 0 Å². The molecule has 2 amide bonds. The SMILES string of the molecule is CC(=O)SC[C@@H](C(=O)N[C@@H](C)C(=O)N1CCC[C@H]1C(=O)O)C(F)(F)F. The Morgan fingerprint density at radius 3 is 2.40 bits per heavy atom. The second kappa shape index (κ2) is 8.54. The normalized spacial score (nSPS) is 20.0. The summed E-state index contributed by atoms with van der Waals surface area (Å²) in [4.78, 5) is 47.1. The molecule has 2 N–H and O–H groups in total. The fourth-order valence-electron chi connectivity index (χ4n) is 2.43. The number of carbonyl (C=O) groups excluding carboxylic acids is 3. The number of carbonyl (C=O) groups is 4. The number of carboxylic acid groups (broad SMARTS) is 1. The molecule has 7 nitrogen and oxygen atoms in total. The molecule has 1 aliphatic heterocycles. The first kappa shape index (κ1) is 21.3. The van der Waals surface area contributed by atoms with E-state index in [0.717, 1.165) is 11.8 Å². The van der Waals surface area contributed by atoms with E-state index in [9.17, 15) is 32.3 Å². The van der Waals surface area contributed by atoms with E-state index in [0.29, 0.717) is 18.2 Å². The zero-order valence-corrected chi connectivity index (χ0v) is 14.4. The zero-order chi connectivity index (χ0) is 19.4. The molecule has 0 radical (unpaired) electrons. The number of halogens is 3. The van der Waals surface area contributed by atoms with Crippen LogP contribution in [0, 0.1) is 5.92 Å². The largest absolute Gasteiger partial charge is 0.480 e. The van der Waals surface area contributed by atoms with Gasteiger partial charge in [-0.25, -0.2) is 4.79 Å². The maximum absolute atomic E-state index is 13.0. The lowest BCUT2D eigenvalue weighted by Gasteiger charge is -2.27.